The highest BCUT2D eigenvalue weighted by atomic mass is 32.1. The quantitative estimate of drug-likeness (QED) is 0.576. The average Bonchev–Trinajstić information content (AvgIpc) is 3.16. The second-order valence-corrected chi connectivity index (χ2v) is 11.2. The van der Waals surface area contributed by atoms with Crippen LogP contribution in [0.5, 0.6) is 5.75 Å². The summed E-state index contributed by atoms with van der Waals surface area (Å²) in [4.78, 5) is 19.7. The van der Waals surface area contributed by atoms with Gasteiger partial charge in [0.1, 0.15) is 16.3 Å². The number of rotatable bonds is 3. The summed E-state index contributed by atoms with van der Waals surface area (Å²) in [6.07, 6.45) is 3.57. The minimum Gasteiger partial charge on any atom is -0.507 e. The second-order valence-electron chi connectivity index (χ2n) is 10.3. The first-order valence-corrected chi connectivity index (χ1v) is 11.5. The van der Waals surface area contributed by atoms with E-state index in [9.17, 15) is 9.90 Å². The maximum atomic E-state index is 12.8. The minimum atomic E-state index is -0.406. The molecule has 5 rings (SSSR count). The van der Waals surface area contributed by atoms with E-state index >= 15 is 0 Å². The van der Waals surface area contributed by atoms with E-state index in [4.69, 9.17) is 4.42 Å². The van der Waals surface area contributed by atoms with E-state index < -0.39 is 5.63 Å². The molecule has 2 aliphatic rings. The number of likely N-dealkylation sites (tertiary alicyclic amines) is 1. The van der Waals surface area contributed by atoms with Crippen LogP contribution in [0.2, 0.25) is 0 Å². The Kier molecular flexibility index (Phi) is 4.39. The van der Waals surface area contributed by atoms with Gasteiger partial charge in [-0.3, -0.25) is 4.90 Å². The molecule has 158 valence electrons. The first kappa shape index (κ1) is 19.8. The van der Waals surface area contributed by atoms with Crippen LogP contribution in [-0.4, -0.2) is 27.6 Å². The number of phenolic OH excluding ortho intramolecular Hbond substituents is 1. The van der Waals surface area contributed by atoms with Crippen LogP contribution in [0.3, 0.4) is 0 Å². The van der Waals surface area contributed by atoms with Gasteiger partial charge in [-0.05, 0) is 55.2 Å². The van der Waals surface area contributed by atoms with Crippen molar-refractivity contribution in [1.82, 2.24) is 9.88 Å². The predicted octanol–water partition coefficient (Wildman–Crippen LogP) is 5.33. The van der Waals surface area contributed by atoms with Crippen LogP contribution < -0.4 is 5.63 Å². The third-order valence-electron chi connectivity index (χ3n) is 6.71. The maximum absolute atomic E-state index is 12.8. The summed E-state index contributed by atoms with van der Waals surface area (Å²) in [6, 6.07) is 5.86. The third kappa shape index (κ3) is 3.36. The topological polar surface area (TPSA) is 66.6 Å². The van der Waals surface area contributed by atoms with E-state index in [0.717, 1.165) is 24.0 Å². The van der Waals surface area contributed by atoms with Crippen molar-refractivity contribution in [3.63, 3.8) is 0 Å². The maximum Gasteiger partial charge on any atom is 0.346 e. The molecule has 2 bridgehead atoms. The molecule has 3 aromatic rings. The van der Waals surface area contributed by atoms with Crippen molar-refractivity contribution in [1.29, 1.82) is 0 Å². The van der Waals surface area contributed by atoms with Gasteiger partial charge in [0, 0.05) is 35.6 Å². The number of aryl methyl sites for hydroxylation is 1. The van der Waals surface area contributed by atoms with Crippen LogP contribution in [0.4, 0.5) is 0 Å². The molecule has 1 aliphatic heterocycles. The molecule has 0 unspecified atom stereocenters. The lowest BCUT2D eigenvalue weighted by atomic mass is 9.65. The molecular formula is C24H28N2O3S. The van der Waals surface area contributed by atoms with Gasteiger partial charge in [-0.15, -0.1) is 11.3 Å². The molecule has 1 aliphatic carbocycles. The molecule has 30 heavy (non-hydrogen) atoms. The smallest absolute Gasteiger partial charge is 0.346 e. The number of phenols is 1. The Balaban J connectivity index is 1.54. The Morgan fingerprint density at radius 1 is 1.30 bits per heavy atom. The molecule has 6 heteroatoms. The highest BCUT2D eigenvalue weighted by Crippen LogP contribution is 2.53. The van der Waals surface area contributed by atoms with Gasteiger partial charge in [0.05, 0.1) is 11.1 Å². The van der Waals surface area contributed by atoms with Gasteiger partial charge < -0.3 is 9.52 Å². The van der Waals surface area contributed by atoms with Crippen LogP contribution in [0.1, 0.15) is 51.3 Å². The summed E-state index contributed by atoms with van der Waals surface area (Å²) < 4.78 is 5.78. The fourth-order valence-corrected chi connectivity index (χ4v) is 6.78. The summed E-state index contributed by atoms with van der Waals surface area (Å²) in [5, 5.41) is 14.1. The van der Waals surface area contributed by atoms with Gasteiger partial charge >= 0.3 is 5.63 Å². The molecular weight excluding hydrogens is 396 g/mol. The Morgan fingerprint density at radius 3 is 2.83 bits per heavy atom. The molecule has 1 saturated carbocycles. The Labute approximate surface area is 180 Å². The standard InChI is InChI=1S/C24H28N2O3S/c1-14-11-30-21(25-14)17-7-15-5-6-19(27)18(20(15)29-22(17)28)10-26-13-24(4)9-16(26)8-23(2,3)12-24/h5-7,11,16,27H,8-10,12-13H2,1-4H3/t16-,24+/m1/s1. The van der Waals surface area contributed by atoms with Gasteiger partial charge in [0.25, 0.3) is 0 Å². The largest absolute Gasteiger partial charge is 0.507 e. The molecule has 2 atom stereocenters. The fraction of sp³-hybridized carbons (Fsp3) is 0.500. The number of nitrogens with zero attached hydrogens (tertiary/aromatic N) is 2. The lowest BCUT2D eigenvalue weighted by Gasteiger charge is -2.40. The van der Waals surface area contributed by atoms with Gasteiger partial charge in [-0.25, -0.2) is 9.78 Å². The van der Waals surface area contributed by atoms with Crippen molar-refractivity contribution in [2.24, 2.45) is 10.8 Å². The monoisotopic (exact) mass is 424 g/mol. The average molecular weight is 425 g/mol. The fourth-order valence-electron chi connectivity index (χ4n) is 5.98. The molecule has 1 N–H and O–H groups in total. The molecule has 2 aromatic heterocycles. The summed E-state index contributed by atoms with van der Waals surface area (Å²) >= 11 is 1.44. The van der Waals surface area contributed by atoms with E-state index in [0.29, 0.717) is 45.1 Å². The van der Waals surface area contributed by atoms with Crippen LogP contribution in [-0.2, 0) is 6.54 Å². The van der Waals surface area contributed by atoms with E-state index in [2.05, 4.69) is 30.7 Å². The Hall–Kier alpha value is -2.18. The highest BCUT2D eigenvalue weighted by molar-refractivity contribution is 7.13. The molecule has 0 amide bonds. The molecule has 0 spiro atoms. The summed E-state index contributed by atoms with van der Waals surface area (Å²) in [6.45, 7) is 10.6. The zero-order chi connectivity index (χ0) is 21.3. The third-order valence-corrected chi connectivity index (χ3v) is 7.71. The lowest BCUT2D eigenvalue weighted by Crippen LogP contribution is -2.34. The van der Waals surface area contributed by atoms with Crippen LogP contribution in [0.15, 0.2) is 32.8 Å². The molecule has 5 nitrogen and oxygen atoms in total. The molecule has 0 radical (unpaired) electrons. The zero-order valence-corrected chi connectivity index (χ0v) is 18.8. The van der Waals surface area contributed by atoms with Crippen molar-refractivity contribution in [3.8, 4) is 16.3 Å². The van der Waals surface area contributed by atoms with Crippen molar-refractivity contribution in [2.45, 2.75) is 59.5 Å². The van der Waals surface area contributed by atoms with E-state index in [1.54, 1.807) is 6.07 Å². The van der Waals surface area contributed by atoms with Gasteiger partial charge in [-0.2, -0.15) is 0 Å². The first-order chi connectivity index (χ1) is 14.1. The van der Waals surface area contributed by atoms with Crippen LogP contribution in [0.25, 0.3) is 21.5 Å². The van der Waals surface area contributed by atoms with Gasteiger partial charge in [-0.1, -0.05) is 20.8 Å². The van der Waals surface area contributed by atoms with Crippen molar-refractivity contribution in [3.05, 3.63) is 45.3 Å². The number of aromatic nitrogens is 1. The number of benzene rings is 1. The Bertz CT molecular complexity index is 1190. The van der Waals surface area contributed by atoms with Gasteiger partial charge in [0.2, 0.25) is 0 Å². The number of hydrogen-bond acceptors (Lipinski definition) is 6. The molecule has 2 fully saturated rings. The number of aromatic hydroxyl groups is 1. The number of fused-ring (bicyclic) bond motifs is 3. The summed E-state index contributed by atoms with van der Waals surface area (Å²) in [5.74, 6) is 0.189. The first-order valence-electron chi connectivity index (χ1n) is 10.6. The normalized spacial score (nSPS) is 25.8. The zero-order valence-electron chi connectivity index (χ0n) is 18.0. The van der Waals surface area contributed by atoms with Crippen molar-refractivity contribution < 1.29 is 9.52 Å². The van der Waals surface area contributed by atoms with E-state index in [1.165, 1.54) is 24.2 Å². The SMILES string of the molecule is Cc1csc(-c2cc3ccc(O)c(CN4C[C@@]5(C)C[C@H]4CC(C)(C)C5)c3oc2=O)n1. The molecule has 3 heterocycles. The van der Waals surface area contributed by atoms with Crippen LogP contribution in [0, 0.1) is 17.8 Å². The Morgan fingerprint density at radius 2 is 2.10 bits per heavy atom. The van der Waals surface area contributed by atoms with E-state index in [-0.39, 0.29) is 5.75 Å². The second kappa shape index (κ2) is 6.66. The van der Waals surface area contributed by atoms with Crippen LogP contribution >= 0.6 is 11.3 Å². The summed E-state index contributed by atoms with van der Waals surface area (Å²) in [7, 11) is 0. The molecule has 1 aromatic carbocycles. The number of thiazole rings is 1. The lowest BCUT2D eigenvalue weighted by molar-refractivity contribution is 0.126. The van der Waals surface area contributed by atoms with Crippen molar-refractivity contribution >= 4 is 22.3 Å². The minimum absolute atomic E-state index is 0.189. The molecule has 1 saturated heterocycles. The van der Waals surface area contributed by atoms with Gasteiger partial charge in [0.15, 0.2) is 0 Å². The summed E-state index contributed by atoms with van der Waals surface area (Å²) in [5.41, 5.74) is 2.80. The van der Waals surface area contributed by atoms with E-state index in [1.807, 2.05) is 24.4 Å². The predicted molar refractivity (Wildman–Crippen MR) is 120 cm³/mol. The number of hydrogen-bond donors (Lipinski definition) is 1. The van der Waals surface area contributed by atoms with Crippen molar-refractivity contribution in [2.75, 3.05) is 6.54 Å². The highest BCUT2D eigenvalue weighted by Gasteiger charge is 2.49.